The lowest BCUT2D eigenvalue weighted by atomic mass is 9.70. The number of carbonyl (C=O) groups is 2. The van der Waals surface area contributed by atoms with Gasteiger partial charge in [-0.05, 0) is 18.1 Å². The number of imidazole rings is 1. The van der Waals surface area contributed by atoms with Gasteiger partial charge in [-0.25, -0.2) is 9.78 Å². The fourth-order valence-corrected chi connectivity index (χ4v) is 3.47. The number of carboxylic acids is 1. The predicted octanol–water partition coefficient (Wildman–Crippen LogP) is -0.744. The van der Waals surface area contributed by atoms with Crippen molar-refractivity contribution in [2.75, 3.05) is 13.1 Å². The molecule has 3 heterocycles. The van der Waals surface area contributed by atoms with Gasteiger partial charge in [-0.15, -0.1) is 0 Å². The number of aryl methyl sites for hydroxylation is 1. The highest BCUT2D eigenvalue weighted by atomic mass is 16.6. The van der Waals surface area contributed by atoms with Gasteiger partial charge in [0, 0.05) is 0 Å². The number of nitrogens with zero attached hydrogens (tertiary/aromatic N) is 2. The lowest BCUT2D eigenvalue weighted by Gasteiger charge is -2.41. The van der Waals surface area contributed by atoms with Crippen molar-refractivity contribution in [3.8, 4) is 11.5 Å². The third-order valence-electron chi connectivity index (χ3n) is 5.09. The molecule has 4 rings (SSSR count). The molecule has 154 valence electrons. The van der Waals surface area contributed by atoms with Crippen molar-refractivity contribution in [3.05, 3.63) is 41.5 Å². The van der Waals surface area contributed by atoms with Crippen molar-refractivity contribution in [2.45, 2.75) is 24.9 Å². The second-order valence-corrected chi connectivity index (χ2v) is 7.21. The van der Waals surface area contributed by atoms with E-state index >= 15 is 0 Å². The van der Waals surface area contributed by atoms with Crippen molar-refractivity contribution in [1.82, 2.24) is 14.9 Å². The first-order valence-corrected chi connectivity index (χ1v) is 9.13. The molecule has 6 N–H and O–H groups in total. The number of aromatic nitrogens is 2. The van der Waals surface area contributed by atoms with Crippen LogP contribution in [0.15, 0.2) is 24.7 Å². The number of aromatic amines is 1. The number of benzene rings is 1. The molecule has 1 saturated heterocycles. The minimum absolute atomic E-state index is 0.0114. The van der Waals surface area contributed by atoms with E-state index in [-0.39, 0.29) is 48.8 Å². The molecule has 0 unspecified atom stereocenters. The molecule has 0 aliphatic carbocycles. The van der Waals surface area contributed by atoms with Gasteiger partial charge in [0.2, 0.25) is 5.91 Å². The molecule has 1 atom stereocenters. The average molecular weight is 403 g/mol. The number of nitrogens with one attached hydrogen (secondary N) is 1. The monoisotopic (exact) mass is 403 g/mol. The molecule has 1 aromatic carbocycles. The molecule has 12 heteroatoms. The van der Waals surface area contributed by atoms with E-state index in [1.54, 1.807) is 6.07 Å². The largest absolute Gasteiger partial charge is 0.669 e. The topological polar surface area (TPSA) is 171 Å². The third-order valence-corrected chi connectivity index (χ3v) is 5.09. The Bertz CT molecular complexity index is 944. The number of rotatable bonds is 5. The smallest absolute Gasteiger partial charge is 0.430 e. The van der Waals surface area contributed by atoms with Gasteiger partial charge in [0.05, 0.1) is 37.1 Å². The van der Waals surface area contributed by atoms with Gasteiger partial charge in [-0.1, -0.05) is 12.4 Å². The summed E-state index contributed by atoms with van der Waals surface area (Å²) in [5.74, 6) is -1.66. The first-order valence-electron chi connectivity index (χ1n) is 9.13. The van der Waals surface area contributed by atoms with Crippen molar-refractivity contribution < 1.29 is 34.1 Å². The Balaban J connectivity index is 1.46. The molecular weight excluding hydrogens is 383 g/mol. The summed E-state index contributed by atoms with van der Waals surface area (Å²) in [6.07, 6.45) is 2.76. The number of amides is 1. The van der Waals surface area contributed by atoms with Crippen molar-refractivity contribution in [3.63, 3.8) is 0 Å². The SMILES string of the molecule is N[C@H](C(=O)N1CC(Oc2ccc3c(c2C(=O)O)O[B-](O)(O)CC3)C1)c1cnc[nH]1. The molecule has 11 nitrogen and oxygen atoms in total. The number of fused-ring (bicyclic) bond motifs is 1. The highest BCUT2D eigenvalue weighted by Crippen LogP contribution is 2.39. The minimum atomic E-state index is -3.11. The van der Waals surface area contributed by atoms with Gasteiger partial charge in [0.25, 0.3) is 0 Å². The quantitative estimate of drug-likeness (QED) is 0.403. The van der Waals surface area contributed by atoms with Crippen LogP contribution in [-0.4, -0.2) is 67.8 Å². The Morgan fingerprint density at radius 1 is 1.38 bits per heavy atom. The van der Waals surface area contributed by atoms with E-state index in [0.29, 0.717) is 11.3 Å². The van der Waals surface area contributed by atoms with Gasteiger partial charge in [0.15, 0.2) is 0 Å². The molecule has 0 radical (unpaired) electrons. The zero-order valence-electron chi connectivity index (χ0n) is 15.3. The summed E-state index contributed by atoms with van der Waals surface area (Å²) >= 11 is 0. The minimum Gasteiger partial charge on any atom is -0.669 e. The molecular formula is C17H20BN4O7-. The summed E-state index contributed by atoms with van der Waals surface area (Å²) in [5, 5.41) is 29.2. The van der Waals surface area contributed by atoms with E-state index in [1.165, 1.54) is 23.5 Å². The number of likely N-dealkylation sites (tertiary alicyclic amines) is 1. The van der Waals surface area contributed by atoms with Crippen LogP contribution in [0.2, 0.25) is 6.32 Å². The second-order valence-electron chi connectivity index (χ2n) is 7.21. The maximum absolute atomic E-state index is 12.4. The van der Waals surface area contributed by atoms with E-state index in [0.717, 1.165) is 0 Å². The first-order chi connectivity index (χ1) is 13.7. The number of carboxylic acid groups (broad SMARTS) is 1. The summed E-state index contributed by atoms with van der Waals surface area (Å²) in [6.45, 7) is -2.63. The molecule has 2 aromatic rings. The predicted molar refractivity (Wildman–Crippen MR) is 99.2 cm³/mol. The zero-order valence-corrected chi connectivity index (χ0v) is 15.3. The number of ether oxygens (including phenoxy) is 1. The van der Waals surface area contributed by atoms with E-state index in [9.17, 15) is 24.7 Å². The third kappa shape index (κ3) is 3.64. The summed E-state index contributed by atoms with van der Waals surface area (Å²) in [5.41, 5.74) is 6.70. The van der Waals surface area contributed by atoms with Crippen LogP contribution in [0, 0.1) is 0 Å². The molecule has 0 saturated carbocycles. The number of H-pyrrole nitrogens is 1. The Morgan fingerprint density at radius 2 is 2.14 bits per heavy atom. The molecule has 29 heavy (non-hydrogen) atoms. The number of aromatic carboxylic acids is 1. The Labute approximate surface area is 165 Å². The van der Waals surface area contributed by atoms with Crippen LogP contribution in [0.4, 0.5) is 0 Å². The fourth-order valence-electron chi connectivity index (χ4n) is 3.47. The van der Waals surface area contributed by atoms with Crippen LogP contribution >= 0.6 is 0 Å². The maximum atomic E-state index is 12.4. The lowest BCUT2D eigenvalue weighted by Crippen LogP contribution is -2.58. The highest BCUT2D eigenvalue weighted by molar-refractivity contribution is 6.59. The van der Waals surface area contributed by atoms with E-state index in [2.05, 4.69) is 9.97 Å². The average Bonchev–Trinajstić information content (AvgIpc) is 3.16. The number of hydrogen-bond acceptors (Lipinski definition) is 8. The summed E-state index contributed by atoms with van der Waals surface area (Å²) in [4.78, 5) is 32.3. The van der Waals surface area contributed by atoms with Gasteiger partial charge >= 0.3 is 12.7 Å². The van der Waals surface area contributed by atoms with E-state index < -0.39 is 24.9 Å². The van der Waals surface area contributed by atoms with Gasteiger partial charge in [-0.2, -0.15) is 0 Å². The van der Waals surface area contributed by atoms with Crippen molar-refractivity contribution in [2.24, 2.45) is 5.73 Å². The summed E-state index contributed by atoms with van der Waals surface area (Å²) in [6, 6.07) is 2.29. The number of carbonyl (C=O) groups excluding carboxylic acids is 1. The summed E-state index contributed by atoms with van der Waals surface area (Å²) in [7, 11) is 0. The molecule has 0 spiro atoms. The zero-order chi connectivity index (χ0) is 20.8. The van der Waals surface area contributed by atoms with Crippen molar-refractivity contribution in [1.29, 1.82) is 0 Å². The molecule has 1 aromatic heterocycles. The molecule has 1 fully saturated rings. The van der Waals surface area contributed by atoms with E-state index in [4.69, 9.17) is 15.1 Å². The van der Waals surface area contributed by atoms with Gasteiger partial charge in [-0.3, -0.25) is 4.79 Å². The van der Waals surface area contributed by atoms with Gasteiger partial charge < -0.3 is 40.2 Å². The first kappa shape index (κ1) is 19.2. The second kappa shape index (κ2) is 7.06. The van der Waals surface area contributed by atoms with Gasteiger partial charge in [0.1, 0.15) is 23.5 Å². The summed E-state index contributed by atoms with van der Waals surface area (Å²) < 4.78 is 10.9. The van der Waals surface area contributed by atoms with Crippen molar-refractivity contribution >= 4 is 18.6 Å². The van der Waals surface area contributed by atoms with Crippen LogP contribution in [-0.2, 0) is 11.2 Å². The van der Waals surface area contributed by atoms with Crippen LogP contribution in [0.5, 0.6) is 11.5 Å². The number of nitrogens with two attached hydrogens (primary N) is 1. The highest BCUT2D eigenvalue weighted by Gasteiger charge is 2.37. The van der Waals surface area contributed by atoms with Crippen LogP contribution < -0.4 is 15.1 Å². The Morgan fingerprint density at radius 3 is 2.79 bits per heavy atom. The number of hydrogen-bond donors (Lipinski definition) is 5. The Hall–Kier alpha value is -3.09. The normalized spacial score (nSPS) is 18.9. The standard InChI is InChI=1S/C17H20BN4O7/c19-14(11-5-20-8-21-11)16(23)22-6-10(7-22)28-12-2-1-9-3-4-18(26,27)29-15(9)13(12)17(24)25/h1-2,5,8,10,14,26-27H,3-4,6-7,19H2,(H,20,21)(H,24,25)/q-1/t14-/m0/s1. The molecule has 2 aliphatic rings. The molecule has 2 aliphatic heterocycles. The fraction of sp³-hybridized carbons (Fsp3) is 0.353. The van der Waals surface area contributed by atoms with E-state index in [1.807, 2.05) is 0 Å². The lowest BCUT2D eigenvalue weighted by molar-refractivity contribution is -0.141. The van der Waals surface area contributed by atoms with Crippen LogP contribution in [0.1, 0.15) is 27.7 Å². The maximum Gasteiger partial charge on any atom is 0.430 e. The van der Waals surface area contributed by atoms with Crippen LogP contribution in [0.3, 0.4) is 0 Å². The molecule has 1 amide bonds. The van der Waals surface area contributed by atoms with Crippen LogP contribution in [0.25, 0.3) is 0 Å². The molecule has 0 bridgehead atoms. The Kier molecular flexibility index (Phi) is 4.69.